The number of urea groups is 1. The van der Waals surface area contributed by atoms with Crippen LogP contribution < -0.4 is 19.7 Å². The van der Waals surface area contributed by atoms with Gasteiger partial charge in [-0.05, 0) is 37.8 Å². The number of nitrogens with zero attached hydrogens (tertiary/aromatic N) is 3. The largest absolute Gasteiger partial charge is 0.454 e. The van der Waals surface area contributed by atoms with E-state index in [4.69, 9.17) is 14.0 Å². The number of carbonyl (C=O) groups excluding carboxylic acids is 2. The molecule has 1 aliphatic carbocycles. The maximum atomic E-state index is 12.7. The van der Waals surface area contributed by atoms with Crippen molar-refractivity contribution >= 4 is 23.5 Å². The fourth-order valence-electron chi connectivity index (χ4n) is 3.85. The fraction of sp³-hybridized carbons (Fsp3) is 0.421. The van der Waals surface area contributed by atoms with E-state index < -0.39 is 0 Å². The lowest BCUT2D eigenvalue weighted by Crippen LogP contribution is -2.37. The van der Waals surface area contributed by atoms with Gasteiger partial charge in [-0.1, -0.05) is 5.16 Å². The van der Waals surface area contributed by atoms with Crippen molar-refractivity contribution in [1.29, 1.82) is 0 Å². The summed E-state index contributed by atoms with van der Waals surface area (Å²) < 4.78 is 16.0. The van der Waals surface area contributed by atoms with Gasteiger partial charge in [-0.25, -0.2) is 4.79 Å². The van der Waals surface area contributed by atoms with Crippen molar-refractivity contribution in [1.82, 2.24) is 10.1 Å². The molecule has 3 amide bonds. The van der Waals surface area contributed by atoms with Gasteiger partial charge in [-0.15, -0.1) is 0 Å². The Kier molecular flexibility index (Phi) is 4.07. The number of carbonyl (C=O) groups is 2. The number of hydrogen-bond acceptors (Lipinski definition) is 6. The number of anilines is 2. The zero-order chi connectivity index (χ0) is 19.1. The number of amides is 3. The van der Waals surface area contributed by atoms with Crippen molar-refractivity contribution < 1.29 is 23.6 Å². The van der Waals surface area contributed by atoms with Crippen LogP contribution >= 0.6 is 0 Å². The number of fused-ring (bicyclic) bond motifs is 2. The molecule has 9 nitrogen and oxygen atoms in total. The Hall–Kier alpha value is -3.23. The minimum absolute atomic E-state index is 0.0324. The first-order valence-corrected chi connectivity index (χ1v) is 9.42. The van der Waals surface area contributed by atoms with Crippen molar-refractivity contribution in [3.63, 3.8) is 0 Å². The van der Waals surface area contributed by atoms with E-state index in [0.29, 0.717) is 30.5 Å². The molecule has 2 aliphatic heterocycles. The molecule has 146 valence electrons. The molecule has 0 bridgehead atoms. The number of hydrogen-bond donors (Lipinski definition) is 1. The van der Waals surface area contributed by atoms with E-state index in [-0.39, 0.29) is 25.3 Å². The summed E-state index contributed by atoms with van der Waals surface area (Å²) >= 11 is 0. The molecule has 1 N–H and O–H groups in total. The van der Waals surface area contributed by atoms with Crippen LogP contribution in [0.15, 0.2) is 22.7 Å². The van der Waals surface area contributed by atoms with Crippen LogP contribution in [0.2, 0.25) is 0 Å². The number of benzene rings is 1. The fourth-order valence-corrected chi connectivity index (χ4v) is 3.85. The highest BCUT2D eigenvalue weighted by molar-refractivity contribution is 5.99. The minimum atomic E-state index is -0.287. The third-order valence-electron chi connectivity index (χ3n) is 5.31. The van der Waals surface area contributed by atoms with Crippen LogP contribution in [-0.4, -0.2) is 48.4 Å². The molecular formula is C19H20N4O5. The quantitative estimate of drug-likeness (QED) is 0.868. The van der Waals surface area contributed by atoms with Crippen molar-refractivity contribution in [2.75, 3.05) is 36.6 Å². The molecule has 1 aromatic heterocycles. The number of rotatable bonds is 4. The second-order valence-corrected chi connectivity index (χ2v) is 7.09. The summed E-state index contributed by atoms with van der Waals surface area (Å²) in [5.41, 5.74) is 2.63. The first kappa shape index (κ1) is 16.9. The number of nitrogens with one attached hydrogen (secondary N) is 1. The van der Waals surface area contributed by atoms with Gasteiger partial charge in [0.05, 0.1) is 5.69 Å². The highest BCUT2D eigenvalue weighted by atomic mass is 16.7. The highest BCUT2D eigenvalue weighted by Gasteiger charge is 2.32. The molecule has 28 heavy (non-hydrogen) atoms. The van der Waals surface area contributed by atoms with E-state index >= 15 is 0 Å². The molecule has 9 heteroatoms. The molecule has 3 aliphatic rings. The Balaban J connectivity index is 1.23. The second-order valence-electron chi connectivity index (χ2n) is 7.09. The predicted octanol–water partition coefficient (Wildman–Crippen LogP) is 2.16. The summed E-state index contributed by atoms with van der Waals surface area (Å²) in [6.45, 7) is 1.12. The molecule has 0 unspecified atom stereocenters. The maximum absolute atomic E-state index is 12.7. The summed E-state index contributed by atoms with van der Waals surface area (Å²) in [6.07, 6.45) is 3.88. The van der Waals surface area contributed by atoms with E-state index in [1.54, 1.807) is 17.0 Å². The lowest BCUT2D eigenvalue weighted by molar-refractivity contribution is -0.116. The minimum Gasteiger partial charge on any atom is -0.454 e. The second kappa shape index (κ2) is 6.74. The van der Waals surface area contributed by atoms with Gasteiger partial charge < -0.3 is 18.9 Å². The van der Waals surface area contributed by atoms with Crippen molar-refractivity contribution in [3.05, 3.63) is 29.5 Å². The Morgan fingerprint density at radius 3 is 2.93 bits per heavy atom. The summed E-state index contributed by atoms with van der Waals surface area (Å²) in [5, 5.41) is 6.81. The van der Waals surface area contributed by atoms with Gasteiger partial charge in [0.1, 0.15) is 6.54 Å². The number of aryl methyl sites for hydroxylation is 1. The molecule has 1 aromatic carbocycles. The van der Waals surface area contributed by atoms with Crippen LogP contribution in [0.3, 0.4) is 0 Å². The van der Waals surface area contributed by atoms with Crippen LogP contribution in [-0.2, 0) is 17.6 Å². The SMILES string of the molecule is O=C(CN1CCN(c2ccc3c(c2)OCO3)C1=O)Nc1onc2c1CCCC2. The molecule has 0 spiro atoms. The van der Waals surface area contributed by atoms with E-state index in [0.717, 1.165) is 42.6 Å². The summed E-state index contributed by atoms with van der Waals surface area (Å²) in [4.78, 5) is 28.3. The number of ether oxygens (including phenoxy) is 2. The molecule has 1 saturated heterocycles. The van der Waals surface area contributed by atoms with E-state index in [2.05, 4.69) is 10.5 Å². The summed E-state index contributed by atoms with van der Waals surface area (Å²) in [5.74, 6) is 1.42. The average molecular weight is 384 g/mol. The van der Waals surface area contributed by atoms with Crippen molar-refractivity contribution in [2.24, 2.45) is 0 Å². The first-order chi connectivity index (χ1) is 13.7. The zero-order valence-corrected chi connectivity index (χ0v) is 15.3. The first-order valence-electron chi connectivity index (χ1n) is 9.42. The Morgan fingerprint density at radius 1 is 1.14 bits per heavy atom. The molecule has 5 rings (SSSR count). The normalized spacial score (nSPS) is 17.8. The third kappa shape index (κ3) is 2.92. The third-order valence-corrected chi connectivity index (χ3v) is 5.31. The van der Waals surface area contributed by atoms with Crippen LogP contribution in [0.25, 0.3) is 0 Å². The molecule has 3 heterocycles. The van der Waals surface area contributed by atoms with Crippen LogP contribution in [0, 0.1) is 0 Å². The van der Waals surface area contributed by atoms with E-state index in [1.165, 1.54) is 4.90 Å². The van der Waals surface area contributed by atoms with E-state index in [1.807, 2.05) is 6.07 Å². The van der Waals surface area contributed by atoms with Gasteiger partial charge in [-0.3, -0.25) is 15.0 Å². The van der Waals surface area contributed by atoms with Crippen molar-refractivity contribution in [2.45, 2.75) is 25.7 Å². The van der Waals surface area contributed by atoms with Crippen LogP contribution in [0.4, 0.5) is 16.4 Å². The Bertz CT molecular complexity index is 940. The lowest BCUT2D eigenvalue weighted by Gasteiger charge is -2.18. The molecule has 0 radical (unpaired) electrons. The van der Waals surface area contributed by atoms with Gasteiger partial charge in [0.25, 0.3) is 0 Å². The van der Waals surface area contributed by atoms with Gasteiger partial charge in [-0.2, -0.15) is 0 Å². The topological polar surface area (TPSA) is 97.1 Å². The van der Waals surface area contributed by atoms with Gasteiger partial charge in [0, 0.05) is 30.4 Å². The standard InChI is InChI=1S/C19H20N4O5/c24-17(20-18-13-3-1-2-4-14(13)21-28-18)10-22-7-8-23(19(22)25)12-5-6-15-16(9-12)27-11-26-15/h5-6,9H,1-4,7-8,10-11H2,(H,20,24). The lowest BCUT2D eigenvalue weighted by atomic mass is 9.98. The van der Waals surface area contributed by atoms with Gasteiger partial charge in [0.15, 0.2) is 11.5 Å². The molecule has 0 saturated carbocycles. The molecule has 2 aromatic rings. The zero-order valence-electron chi connectivity index (χ0n) is 15.3. The van der Waals surface area contributed by atoms with Crippen LogP contribution in [0.5, 0.6) is 11.5 Å². The van der Waals surface area contributed by atoms with Crippen molar-refractivity contribution in [3.8, 4) is 11.5 Å². The monoisotopic (exact) mass is 384 g/mol. The molecule has 0 atom stereocenters. The number of aromatic nitrogens is 1. The highest BCUT2D eigenvalue weighted by Crippen LogP contribution is 2.36. The predicted molar refractivity (Wildman–Crippen MR) is 98.7 cm³/mol. The smallest absolute Gasteiger partial charge is 0.325 e. The van der Waals surface area contributed by atoms with E-state index in [9.17, 15) is 9.59 Å². The molecular weight excluding hydrogens is 364 g/mol. The summed E-state index contributed by atoms with van der Waals surface area (Å²) in [7, 11) is 0. The maximum Gasteiger partial charge on any atom is 0.325 e. The van der Waals surface area contributed by atoms with Crippen LogP contribution in [0.1, 0.15) is 24.1 Å². The van der Waals surface area contributed by atoms with Gasteiger partial charge in [0.2, 0.25) is 18.6 Å². The molecule has 1 fully saturated rings. The average Bonchev–Trinajstić information content (AvgIpc) is 3.41. The summed E-state index contributed by atoms with van der Waals surface area (Å²) in [6, 6.07) is 5.17. The Morgan fingerprint density at radius 2 is 2.00 bits per heavy atom. The van der Waals surface area contributed by atoms with Gasteiger partial charge >= 0.3 is 6.03 Å². The Labute approximate surface area is 161 Å².